The molecule has 2 rings (SSSR count). The topological polar surface area (TPSA) is 42.4 Å². The van der Waals surface area contributed by atoms with E-state index in [4.69, 9.17) is 16.3 Å². The van der Waals surface area contributed by atoms with Gasteiger partial charge in [-0.1, -0.05) is 32.4 Å². The van der Waals surface area contributed by atoms with E-state index in [1.54, 1.807) is 12.1 Å². The van der Waals surface area contributed by atoms with Gasteiger partial charge in [-0.2, -0.15) is 0 Å². The summed E-state index contributed by atoms with van der Waals surface area (Å²) in [5.74, 6) is 1.22. The number of aliphatic hydroxyl groups excluding tert-OH is 1. The average molecular weight is 284 g/mol. The molecular formula is C15H22ClNO2. The van der Waals surface area contributed by atoms with Gasteiger partial charge >= 0.3 is 0 Å². The molecule has 4 heteroatoms. The molecule has 0 radical (unpaired) electrons. The fraction of sp³-hybridized carbons (Fsp3) is 0.667. The number of aliphatic hydroxyl groups is 1. The molecule has 1 saturated carbocycles. The van der Waals surface area contributed by atoms with Crippen molar-refractivity contribution in [2.75, 3.05) is 0 Å². The second-order valence-corrected chi connectivity index (χ2v) is 6.80. The minimum absolute atomic E-state index is 0.164. The van der Waals surface area contributed by atoms with Gasteiger partial charge in [0.1, 0.15) is 6.10 Å². The monoisotopic (exact) mass is 283 g/mol. The number of aromatic nitrogens is 1. The molecule has 1 aliphatic carbocycles. The van der Waals surface area contributed by atoms with Crippen LogP contribution in [0.4, 0.5) is 0 Å². The molecule has 0 saturated heterocycles. The first-order valence-corrected chi connectivity index (χ1v) is 7.20. The molecule has 0 aliphatic heterocycles. The molecule has 0 aromatic carbocycles. The van der Waals surface area contributed by atoms with Gasteiger partial charge in [0.15, 0.2) is 0 Å². The van der Waals surface area contributed by atoms with Crippen LogP contribution in [-0.2, 0) is 6.61 Å². The minimum Gasteiger partial charge on any atom is -0.474 e. The molecule has 3 nitrogen and oxygen atoms in total. The van der Waals surface area contributed by atoms with Crippen molar-refractivity contribution in [1.29, 1.82) is 0 Å². The SMILES string of the molecule is CC1CC(Oc2ccc(Cl)c(CO)n2)CC(C)(C)C1. The zero-order valence-corrected chi connectivity index (χ0v) is 12.6. The lowest BCUT2D eigenvalue weighted by Gasteiger charge is -2.38. The van der Waals surface area contributed by atoms with E-state index in [1.807, 2.05) is 0 Å². The summed E-state index contributed by atoms with van der Waals surface area (Å²) in [6.45, 7) is 6.68. The summed E-state index contributed by atoms with van der Waals surface area (Å²) in [4.78, 5) is 4.25. The molecule has 1 aliphatic rings. The Morgan fingerprint density at radius 2 is 2.16 bits per heavy atom. The fourth-order valence-electron chi connectivity index (χ4n) is 3.16. The van der Waals surface area contributed by atoms with Gasteiger partial charge in [-0.3, -0.25) is 0 Å². The normalized spacial score (nSPS) is 26.2. The van der Waals surface area contributed by atoms with Crippen LogP contribution in [-0.4, -0.2) is 16.2 Å². The summed E-state index contributed by atoms with van der Waals surface area (Å²) in [5.41, 5.74) is 0.788. The van der Waals surface area contributed by atoms with Gasteiger partial charge in [0.2, 0.25) is 5.88 Å². The number of rotatable bonds is 3. The Kier molecular flexibility index (Phi) is 4.36. The summed E-state index contributed by atoms with van der Waals surface area (Å²) < 4.78 is 5.98. The van der Waals surface area contributed by atoms with E-state index < -0.39 is 0 Å². The number of hydrogen-bond donors (Lipinski definition) is 1. The third-order valence-electron chi connectivity index (χ3n) is 3.68. The van der Waals surface area contributed by atoms with Gasteiger partial charge in [-0.25, -0.2) is 4.98 Å². The van der Waals surface area contributed by atoms with E-state index in [1.165, 1.54) is 6.42 Å². The highest BCUT2D eigenvalue weighted by Crippen LogP contribution is 2.39. The van der Waals surface area contributed by atoms with E-state index in [0.717, 1.165) is 12.8 Å². The molecule has 1 heterocycles. The van der Waals surface area contributed by atoms with Crippen molar-refractivity contribution in [2.45, 2.75) is 52.7 Å². The second kappa shape index (κ2) is 5.68. The van der Waals surface area contributed by atoms with Crippen molar-refractivity contribution >= 4 is 11.6 Å². The molecule has 2 unspecified atom stereocenters. The van der Waals surface area contributed by atoms with Crippen molar-refractivity contribution in [3.63, 3.8) is 0 Å². The van der Waals surface area contributed by atoms with Crippen LogP contribution in [0.2, 0.25) is 5.02 Å². The molecule has 1 fully saturated rings. The molecule has 0 bridgehead atoms. The molecule has 1 aromatic rings. The van der Waals surface area contributed by atoms with E-state index in [-0.39, 0.29) is 12.7 Å². The third-order valence-corrected chi connectivity index (χ3v) is 4.02. The first-order chi connectivity index (χ1) is 8.89. The molecule has 0 amide bonds. The van der Waals surface area contributed by atoms with Crippen molar-refractivity contribution < 1.29 is 9.84 Å². The molecule has 19 heavy (non-hydrogen) atoms. The van der Waals surface area contributed by atoms with Crippen LogP contribution in [0.3, 0.4) is 0 Å². The molecule has 1 N–H and O–H groups in total. The van der Waals surface area contributed by atoms with Crippen LogP contribution in [0.15, 0.2) is 12.1 Å². The summed E-state index contributed by atoms with van der Waals surface area (Å²) in [6.07, 6.45) is 3.53. The zero-order chi connectivity index (χ0) is 14.0. The van der Waals surface area contributed by atoms with Crippen LogP contribution in [0, 0.1) is 11.3 Å². The number of ether oxygens (including phenoxy) is 1. The predicted octanol–water partition coefficient (Wildman–Crippen LogP) is 3.82. The lowest BCUT2D eigenvalue weighted by atomic mass is 9.71. The second-order valence-electron chi connectivity index (χ2n) is 6.39. The number of halogens is 1. The van der Waals surface area contributed by atoms with E-state index in [9.17, 15) is 5.11 Å². The quantitative estimate of drug-likeness (QED) is 0.917. The van der Waals surface area contributed by atoms with Gasteiger partial charge in [0.25, 0.3) is 0 Å². The van der Waals surface area contributed by atoms with Gasteiger partial charge in [-0.15, -0.1) is 0 Å². The maximum absolute atomic E-state index is 9.17. The van der Waals surface area contributed by atoms with Crippen molar-refractivity contribution in [3.05, 3.63) is 22.8 Å². The summed E-state index contributed by atoms with van der Waals surface area (Å²) >= 11 is 5.93. The predicted molar refractivity (Wildman–Crippen MR) is 76.4 cm³/mol. The van der Waals surface area contributed by atoms with E-state index >= 15 is 0 Å². The first kappa shape index (κ1) is 14.6. The number of pyridine rings is 1. The average Bonchev–Trinajstić information content (AvgIpc) is 2.29. The Morgan fingerprint density at radius 1 is 1.42 bits per heavy atom. The summed E-state index contributed by atoms with van der Waals surface area (Å²) in [7, 11) is 0. The molecule has 1 aromatic heterocycles. The van der Waals surface area contributed by atoms with Crippen molar-refractivity contribution in [1.82, 2.24) is 4.98 Å². The molecular weight excluding hydrogens is 262 g/mol. The molecule has 106 valence electrons. The van der Waals surface area contributed by atoms with Crippen LogP contribution in [0.1, 0.15) is 45.7 Å². The third kappa shape index (κ3) is 3.83. The van der Waals surface area contributed by atoms with E-state index in [2.05, 4.69) is 25.8 Å². The van der Waals surface area contributed by atoms with Crippen LogP contribution >= 0.6 is 11.6 Å². The largest absolute Gasteiger partial charge is 0.474 e. The minimum atomic E-state index is -0.164. The van der Waals surface area contributed by atoms with Crippen molar-refractivity contribution in [2.24, 2.45) is 11.3 Å². The highest BCUT2D eigenvalue weighted by molar-refractivity contribution is 6.31. The van der Waals surface area contributed by atoms with Gasteiger partial charge in [0, 0.05) is 6.07 Å². The molecule has 2 atom stereocenters. The standard InChI is InChI=1S/C15H22ClNO2/c1-10-6-11(8-15(2,3)7-10)19-14-5-4-12(16)13(9-18)17-14/h4-5,10-11,18H,6-9H2,1-3H3. The Morgan fingerprint density at radius 3 is 2.79 bits per heavy atom. The Hall–Kier alpha value is -0.800. The van der Waals surface area contributed by atoms with E-state index in [0.29, 0.717) is 27.9 Å². The number of hydrogen-bond acceptors (Lipinski definition) is 3. The Balaban J connectivity index is 2.08. The van der Waals surface area contributed by atoms with Crippen molar-refractivity contribution in [3.8, 4) is 5.88 Å². The fourth-order valence-corrected chi connectivity index (χ4v) is 3.32. The Labute approximate surface area is 120 Å². The maximum atomic E-state index is 9.17. The maximum Gasteiger partial charge on any atom is 0.213 e. The van der Waals surface area contributed by atoms with Crippen LogP contribution in [0.25, 0.3) is 0 Å². The lowest BCUT2D eigenvalue weighted by molar-refractivity contribution is 0.0529. The van der Waals surface area contributed by atoms with Gasteiger partial charge in [0.05, 0.1) is 17.3 Å². The highest BCUT2D eigenvalue weighted by Gasteiger charge is 2.33. The molecule has 0 spiro atoms. The number of nitrogens with zero attached hydrogens (tertiary/aromatic N) is 1. The van der Waals surface area contributed by atoms with Crippen LogP contribution in [0.5, 0.6) is 5.88 Å². The highest BCUT2D eigenvalue weighted by atomic mass is 35.5. The van der Waals surface area contributed by atoms with Gasteiger partial charge < -0.3 is 9.84 Å². The summed E-state index contributed by atoms with van der Waals surface area (Å²) in [5, 5.41) is 9.65. The first-order valence-electron chi connectivity index (χ1n) is 6.82. The lowest BCUT2D eigenvalue weighted by Crippen LogP contribution is -2.34. The summed E-state index contributed by atoms with van der Waals surface area (Å²) in [6, 6.07) is 3.50. The smallest absolute Gasteiger partial charge is 0.213 e. The zero-order valence-electron chi connectivity index (χ0n) is 11.8. The van der Waals surface area contributed by atoms with Gasteiger partial charge in [-0.05, 0) is 36.7 Å². The van der Waals surface area contributed by atoms with Crippen LogP contribution < -0.4 is 4.74 Å². The Bertz CT molecular complexity index is 448.